The van der Waals surface area contributed by atoms with Gasteiger partial charge in [0.05, 0.1) is 18.6 Å². The second kappa shape index (κ2) is 6.79. The van der Waals surface area contributed by atoms with E-state index in [4.69, 9.17) is 4.74 Å². The molecular formula is C15H19NO3S. The van der Waals surface area contributed by atoms with Gasteiger partial charge in [0.15, 0.2) is 0 Å². The van der Waals surface area contributed by atoms with Crippen LogP contribution in [-0.2, 0) is 9.53 Å². The topological polar surface area (TPSA) is 46.6 Å². The Labute approximate surface area is 123 Å². The molecule has 0 unspecified atom stereocenters. The molecule has 1 amide bonds. The molecule has 1 aromatic carbocycles. The number of likely N-dealkylation sites (tertiary alicyclic amines) is 1. The summed E-state index contributed by atoms with van der Waals surface area (Å²) < 4.78 is 4.76. The summed E-state index contributed by atoms with van der Waals surface area (Å²) in [4.78, 5) is 26.8. The van der Waals surface area contributed by atoms with Gasteiger partial charge in [0.1, 0.15) is 0 Å². The minimum Gasteiger partial charge on any atom is -0.469 e. The number of thioether (sulfide) groups is 1. The van der Waals surface area contributed by atoms with E-state index in [1.165, 1.54) is 7.11 Å². The molecule has 1 aliphatic rings. The van der Waals surface area contributed by atoms with Crippen molar-refractivity contribution in [3.8, 4) is 0 Å². The summed E-state index contributed by atoms with van der Waals surface area (Å²) in [5.41, 5.74) is 0.747. The molecule has 0 bridgehead atoms. The van der Waals surface area contributed by atoms with Gasteiger partial charge >= 0.3 is 5.97 Å². The zero-order chi connectivity index (χ0) is 14.5. The molecule has 5 heteroatoms. The lowest BCUT2D eigenvalue weighted by Crippen LogP contribution is -2.40. The van der Waals surface area contributed by atoms with Crippen LogP contribution >= 0.6 is 11.8 Å². The van der Waals surface area contributed by atoms with Crippen LogP contribution in [0.3, 0.4) is 0 Å². The first kappa shape index (κ1) is 14.9. The number of rotatable bonds is 3. The highest BCUT2D eigenvalue weighted by atomic mass is 32.2. The van der Waals surface area contributed by atoms with Gasteiger partial charge in [0, 0.05) is 18.0 Å². The first-order valence-corrected chi connectivity index (χ1v) is 7.90. The molecule has 0 saturated carbocycles. The molecule has 1 saturated heterocycles. The van der Waals surface area contributed by atoms with Crippen LogP contribution in [0, 0.1) is 5.92 Å². The predicted molar refractivity (Wildman–Crippen MR) is 78.9 cm³/mol. The number of benzene rings is 1. The zero-order valence-corrected chi connectivity index (χ0v) is 12.6. The number of piperidine rings is 1. The van der Waals surface area contributed by atoms with Gasteiger partial charge in [-0.25, -0.2) is 0 Å². The van der Waals surface area contributed by atoms with Crippen LogP contribution in [0.2, 0.25) is 0 Å². The van der Waals surface area contributed by atoms with Crippen LogP contribution < -0.4 is 0 Å². The molecule has 0 N–H and O–H groups in total. The van der Waals surface area contributed by atoms with Crippen molar-refractivity contribution in [3.05, 3.63) is 29.8 Å². The molecule has 20 heavy (non-hydrogen) atoms. The Morgan fingerprint density at radius 3 is 2.50 bits per heavy atom. The van der Waals surface area contributed by atoms with E-state index >= 15 is 0 Å². The smallest absolute Gasteiger partial charge is 0.308 e. The quantitative estimate of drug-likeness (QED) is 0.634. The Balaban J connectivity index is 2.03. The van der Waals surface area contributed by atoms with Crippen LogP contribution in [0.25, 0.3) is 0 Å². The second-order valence-corrected chi connectivity index (χ2v) is 5.64. The summed E-state index contributed by atoms with van der Waals surface area (Å²) in [6.07, 6.45) is 3.33. The molecule has 0 spiro atoms. The van der Waals surface area contributed by atoms with Crippen molar-refractivity contribution < 1.29 is 14.3 Å². The summed E-state index contributed by atoms with van der Waals surface area (Å²) in [7, 11) is 1.41. The van der Waals surface area contributed by atoms with Gasteiger partial charge in [-0.15, -0.1) is 11.8 Å². The zero-order valence-electron chi connectivity index (χ0n) is 11.8. The second-order valence-electron chi connectivity index (χ2n) is 4.79. The number of carbonyl (C=O) groups is 2. The van der Waals surface area contributed by atoms with Crippen molar-refractivity contribution in [1.29, 1.82) is 0 Å². The maximum absolute atomic E-state index is 12.5. The van der Waals surface area contributed by atoms with Gasteiger partial charge in [-0.05, 0) is 31.2 Å². The summed E-state index contributed by atoms with van der Waals surface area (Å²) >= 11 is 1.58. The van der Waals surface area contributed by atoms with Gasteiger partial charge in [-0.3, -0.25) is 9.59 Å². The van der Waals surface area contributed by atoms with Crippen LogP contribution in [-0.4, -0.2) is 43.2 Å². The van der Waals surface area contributed by atoms with E-state index < -0.39 is 0 Å². The Bertz CT molecular complexity index is 496. The fourth-order valence-electron chi connectivity index (χ4n) is 2.48. The summed E-state index contributed by atoms with van der Waals surface area (Å²) in [6.45, 7) is 1.22. The third-order valence-corrected chi connectivity index (χ3v) is 4.45. The molecule has 1 heterocycles. The Morgan fingerprint density at radius 2 is 1.90 bits per heavy atom. The predicted octanol–water partition coefficient (Wildman–Crippen LogP) is 2.43. The lowest BCUT2D eigenvalue weighted by molar-refractivity contribution is -0.146. The molecule has 0 atom stereocenters. The molecule has 1 fully saturated rings. The van der Waals surface area contributed by atoms with Gasteiger partial charge in [-0.2, -0.15) is 0 Å². The fraction of sp³-hybridized carbons (Fsp3) is 0.467. The van der Waals surface area contributed by atoms with Crippen LogP contribution in [0.1, 0.15) is 23.2 Å². The van der Waals surface area contributed by atoms with Crippen LogP contribution in [0.15, 0.2) is 29.2 Å². The van der Waals surface area contributed by atoms with E-state index in [1.54, 1.807) is 11.8 Å². The third-order valence-electron chi connectivity index (χ3n) is 3.65. The number of methoxy groups -OCH3 is 1. The van der Waals surface area contributed by atoms with Crippen LogP contribution in [0.5, 0.6) is 0 Å². The Morgan fingerprint density at radius 1 is 1.25 bits per heavy atom. The monoisotopic (exact) mass is 293 g/mol. The molecule has 1 aromatic rings. The van der Waals surface area contributed by atoms with Crippen molar-refractivity contribution in [3.63, 3.8) is 0 Å². The maximum atomic E-state index is 12.5. The highest BCUT2D eigenvalue weighted by Crippen LogP contribution is 2.24. The number of nitrogens with zero attached hydrogens (tertiary/aromatic N) is 1. The van der Waals surface area contributed by atoms with Gasteiger partial charge in [0.25, 0.3) is 5.91 Å². The van der Waals surface area contributed by atoms with Crippen molar-refractivity contribution in [2.75, 3.05) is 26.5 Å². The molecule has 4 nitrogen and oxygen atoms in total. The Hall–Kier alpha value is -1.49. The molecule has 0 aromatic heterocycles. The first-order chi connectivity index (χ1) is 9.67. The van der Waals surface area contributed by atoms with E-state index in [-0.39, 0.29) is 17.8 Å². The standard InChI is InChI=1S/C15H19NO3S/c1-19-15(18)11-7-9-16(10-8-11)14(17)12-5-3-4-6-13(12)20-2/h3-6,11H,7-10H2,1-2H3. The van der Waals surface area contributed by atoms with Crippen LogP contribution in [0.4, 0.5) is 0 Å². The lowest BCUT2D eigenvalue weighted by atomic mass is 9.96. The molecule has 108 valence electrons. The van der Waals surface area contributed by atoms with Crippen molar-refractivity contribution in [1.82, 2.24) is 4.90 Å². The summed E-state index contributed by atoms with van der Waals surface area (Å²) in [6, 6.07) is 7.64. The minimum absolute atomic E-state index is 0.0539. The van der Waals surface area contributed by atoms with Gasteiger partial charge in [0.2, 0.25) is 0 Å². The lowest BCUT2D eigenvalue weighted by Gasteiger charge is -2.31. The van der Waals surface area contributed by atoms with Crippen molar-refractivity contribution >= 4 is 23.6 Å². The maximum Gasteiger partial charge on any atom is 0.308 e. The molecular weight excluding hydrogens is 274 g/mol. The molecule has 1 aliphatic heterocycles. The molecule has 0 radical (unpaired) electrons. The first-order valence-electron chi connectivity index (χ1n) is 6.67. The normalized spacial score (nSPS) is 16.0. The highest BCUT2D eigenvalue weighted by Gasteiger charge is 2.28. The van der Waals surface area contributed by atoms with E-state index in [2.05, 4.69) is 0 Å². The SMILES string of the molecule is COC(=O)C1CCN(C(=O)c2ccccc2SC)CC1. The number of carbonyl (C=O) groups excluding carboxylic acids is 2. The van der Waals surface area contributed by atoms with Gasteiger partial charge in [-0.1, -0.05) is 12.1 Å². The van der Waals surface area contributed by atoms with E-state index in [0.717, 1.165) is 10.5 Å². The van der Waals surface area contributed by atoms with Crippen molar-refractivity contribution in [2.24, 2.45) is 5.92 Å². The number of esters is 1. The number of amides is 1. The average Bonchev–Trinajstić information content (AvgIpc) is 2.53. The largest absolute Gasteiger partial charge is 0.469 e. The number of ether oxygens (including phenoxy) is 1. The average molecular weight is 293 g/mol. The van der Waals surface area contributed by atoms with Crippen molar-refractivity contribution in [2.45, 2.75) is 17.7 Å². The number of hydrogen-bond donors (Lipinski definition) is 0. The summed E-state index contributed by atoms with van der Waals surface area (Å²) in [5.74, 6) is -0.181. The molecule has 2 rings (SSSR count). The molecule has 0 aliphatic carbocycles. The third kappa shape index (κ3) is 3.15. The highest BCUT2D eigenvalue weighted by molar-refractivity contribution is 7.98. The fourth-order valence-corrected chi connectivity index (χ4v) is 3.07. The van der Waals surface area contributed by atoms with Gasteiger partial charge < -0.3 is 9.64 Å². The minimum atomic E-state index is -0.165. The number of hydrogen-bond acceptors (Lipinski definition) is 4. The summed E-state index contributed by atoms with van der Waals surface area (Å²) in [5, 5.41) is 0. The van der Waals surface area contributed by atoms with E-state index in [0.29, 0.717) is 25.9 Å². The Kier molecular flexibility index (Phi) is 5.06. The van der Waals surface area contributed by atoms with E-state index in [9.17, 15) is 9.59 Å². The van der Waals surface area contributed by atoms with E-state index in [1.807, 2.05) is 35.4 Å².